The molecule has 1 aliphatic heterocycles. The third-order valence-electron chi connectivity index (χ3n) is 6.13. The van der Waals surface area contributed by atoms with E-state index in [2.05, 4.69) is 46.7 Å². The van der Waals surface area contributed by atoms with Crippen LogP contribution < -0.4 is 4.90 Å². The molecule has 0 bridgehead atoms. The summed E-state index contributed by atoms with van der Waals surface area (Å²) in [4.78, 5) is 13.6. The Bertz CT molecular complexity index is 1030. The SMILES string of the molecule is CN1C(=O)CCc2cc(Cn3cc(-c4cccc(C5CCC5)c4)nn3)ccc21. The van der Waals surface area contributed by atoms with Gasteiger partial charge in [-0.15, -0.1) is 5.10 Å². The summed E-state index contributed by atoms with van der Waals surface area (Å²) >= 11 is 0. The topological polar surface area (TPSA) is 51.0 Å². The molecule has 0 N–H and O–H groups in total. The van der Waals surface area contributed by atoms with Gasteiger partial charge in [0.1, 0.15) is 5.69 Å². The van der Waals surface area contributed by atoms with Crippen molar-refractivity contribution in [3.05, 3.63) is 65.4 Å². The van der Waals surface area contributed by atoms with Crippen LogP contribution in [0, 0.1) is 0 Å². The number of carbonyl (C=O) groups excluding carboxylic acids is 1. The number of aryl methyl sites for hydroxylation is 1. The maximum Gasteiger partial charge on any atom is 0.227 e. The molecule has 2 aromatic carbocycles. The first kappa shape index (κ1) is 17.2. The van der Waals surface area contributed by atoms with Gasteiger partial charge >= 0.3 is 0 Å². The van der Waals surface area contributed by atoms with Gasteiger partial charge in [0, 0.05) is 24.7 Å². The van der Waals surface area contributed by atoms with Gasteiger partial charge in [-0.3, -0.25) is 4.79 Å². The Morgan fingerprint density at radius 2 is 2.00 bits per heavy atom. The van der Waals surface area contributed by atoms with Crippen LogP contribution in [0.4, 0.5) is 5.69 Å². The Hall–Kier alpha value is -2.95. The molecule has 1 amide bonds. The second-order valence-electron chi connectivity index (χ2n) is 7.97. The molecule has 1 aromatic heterocycles. The van der Waals surface area contributed by atoms with Crippen LogP contribution in [0.15, 0.2) is 48.7 Å². The van der Waals surface area contributed by atoms with Crippen LogP contribution in [0.1, 0.15) is 48.3 Å². The third-order valence-corrected chi connectivity index (χ3v) is 6.13. The summed E-state index contributed by atoms with van der Waals surface area (Å²) in [5, 5.41) is 8.73. The molecule has 2 heterocycles. The molecule has 2 aliphatic rings. The zero-order valence-electron chi connectivity index (χ0n) is 16.1. The summed E-state index contributed by atoms with van der Waals surface area (Å²) in [5.41, 5.74) is 6.92. The molecule has 0 radical (unpaired) electrons. The Labute approximate surface area is 165 Å². The average Bonchev–Trinajstić information content (AvgIpc) is 3.12. The fourth-order valence-electron chi connectivity index (χ4n) is 4.20. The third kappa shape index (κ3) is 3.11. The lowest BCUT2D eigenvalue weighted by Crippen LogP contribution is -2.31. The van der Waals surface area contributed by atoms with E-state index in [-0.39, 0.29) is 5.91 Å². The van der Waals surface area contributed by atoms with E-state index in [1.165, 1.54) is 36.0 Å². The smallest absolute Gasteiger partial charge is 0.227 e. The lowest BCUT2D eigenvalue weighted by Gasteiger charge is -2.26. The van der Waals surface area contributed by atoms with E-state index in [0.717, 1.165) is 29.3 Å². The van der Waals surface area contributed by atoms with Gasteiger partial charge in [0.15, 0.2) is 0 Å². The van der Waals surface area contributed by atoms with Crippen molar-refractivity contribution in [1.29, 1.82) is 0 Å². The highest BCUT2D eigenvalue weighted by molar-refractivity contribution is 5.95. The summed E-state index contributed by atoms with van der Waals surface area (Å²) in [6.45, 7) is 0.681. The molecule has 1 aliphatic carbocycles. The largest absolute Gasteiger partial charge is 0.315 e. The van der Waals surface area contributed by atoms with Gasteiger partial charge in [0.05, 0.1) is 12.7 Å². The zero-order chi connectivity index (χ0) is 19.1. The fourth-order valence-corrected chi connectivity index (χ4v) is 4.20. The van der Waals surface area contributed by atoms with E-state index in [1.54, 1.807) is 4.90 Å². The lowest BCUT2D eigenvalue weighted by atomic mass is 9.79. The highest BCUT2D eigenvalue weighted by Gasteiger charge is 2.21. The van der Waals surface area contributed by atoms with Crippen LogP contribution >= 0.6 is 0 Å². The number of amides is 1. The number of hydrogen-bond donors (Lipinski definition) is 0. The molecule has 0 spiro atoms. The van der Waals surface area contributed by atoms with E-state index in [1.807, 2.05) is 24.0 Å². The molecule has 28 heavy (non-hydrogen) atoms. The van der Waals surface area contributed by atoms with Crippen LogP contribution in [-0.2, 0) is 17.8 Å². The molecular weight excluding hydrogens is 348 g/mol. The summed E-state index contributed by atoms with van der Waals surface area (Å²) in [5.74, 6) is 0.904. The number of nitrogens with zero attached hydrogens (tertiary/aromatic N) is 4. The van der Waals surface area contributed by atoms with Gasteiger partial charge in [-0.25, -0.2) is 4.68 Å². The number of fused-ring (bicyclic) bond motifs is 1. The molecular formula is C23H24N4O. The minimum atomic E-state index is 0.185. The van der Waals surface area contributed by atoms with Crippen LogP contribution in [-0.4, -0.2) is 27.9 Å². The summed E-state index contributed by atoms with van der Waals surface area (Å²) in [6.07, 6.45) is 7.36. The minimum absolute atomic E-state index is 0.185. The average molecular weight is 372 g/mol. The van der Waals surface area contributed by atoms with Crippen molar-refractivity contribution in [2.45, 2.75) is 44.6 Å². The van der Waals surface area contributed by atoms with E-state index in [9.17, 15) is 4.79 Å². The van der Waals surface area contributed by atoms with Crippen molar-refractivity contribution in [3.8, 4) is 11.3 Å². The predicted octanol–water partition coefficient (Wildman–Crippen LogP) is 4.17. The van der Waals surface area contributed by atoms with Crippen LogP contribution in [0.2, 0.25) is 0 Å². The second-order valence-corrected chi connectivity index (χ2v) is 7.97. The number of rotatable bonds is 4. The molecule has 1 fully saturated rings. The second kappa shape index (κ2) is 6.89. The Morgan fingerprint density at radius 1 is 1.11 bits per heavy atom. The molecule has 142 valence electrons. The van der Waals surface area contributed by atoms with Crippen molar-refractivity contribution in [2.75, 3.05) is 11.9 Å². The van der Waals surface area contributed by atoms with E-state index in [4.69, 9.17) is 0 Å². The van der Waals surface area contributed by atoms with Crippen molar-refractivity contribution < 1.29 is 4.79 Å². The summed E-state index contributed by atoms with van der Waals surface area (Å²) < 4.78 is 1.89. The predicted molar refractivity (Wildman–Crippen MR) is 109 cm³/mol. The van der Waals surface area contributed by atoms with E-state index in [0.29, 0.717) is 13.0 Å². The van der Waals surface area contributed by atoms with Crippen LogP contribution in [0.25, 0.3) is 11.3 Å². The van der Waals surface area contributed by atoms with Crippen molar-refractivity contribution in [1.82, 2.24) is 15.0 Å². The van der Waals surface area contributed by atoms with Crippen LogP contribution in [0.3, 0.4) is 0 Å². The maximum absolute atomic E-state index is 11.9. The highest BCUT2D eigenvalue weighted by Crippen LogP contribution is 2.37. The number of anilines is 1. The molecule has 5 rings (SSSR count). The monoisotopic (exact) mass is 372 g/mol. The minimum Gasteiger partial charge on any atom is -0.315 e. The molecule has 0 unspecified atom stereocenters. The first-order valence-corrected chi connectivity index (χ1v) is 10.1. The van der Waals surface area contributed by atoms with Gasteiger partial charge in [0.2, 0.25) is 5.91 Å². The summed E-state index contributed by atoms with van der Waals surface area (Å²) in [6, 6.07) is 15.0. The highest BCUT2D eigenvalue weighted by atomic mass is 16.2. The maximum atomic E-state index is 11.9. The first-order chi connectivity index (χ1) is 13.7. The molecule has 3 aromatic rings. The lowest BCUT2D eigenvalue weighted by molar-refractivity contribution is -0.118. The van der Waals surface area contributed by atoms with Gasteiger partial charge < -0.3 is 4.90 Å². The number of benzene rings is 2. The Balaban J connectivity index is 1.35. The van der Waals surface area contributed by atoms with E-state index < -0.39 is 0 Å². The van der Waals surface area contributed by atoms with Crippen LogP contribution in [0.5, 0.6) is 0 Å². The normalized spacial score (nSPS) is 16.8. The van der Waals surface area contributed by atoms with Gasteiger partial charge in [-0.1, -0.05) is 42.0 Å². The van der Waals surface area contributed by atoms with E-state index >= 15 is 0 Å². The van der Waals surface area contributed by atoms with Gasteiger partial charge in [-0.2, -0.15) is 0 Å². The molecule has 0 atom stereocenters. The molecule has 5 heteroatoms. The number of aromatic nitrogens is 3. The van der Waals surface area contributed by atoms with Gasteiger partial charge in [-0.05, 0) is 54.0 Å². The van der Waals surface area contributed by atoms with Crippen molar-refractivity contribution in [3.63, 3.8) is 0 Å². The quantitative estimate of drug-likeness (QED) is 0.691. The molecule has 5 nitrogen and oxygen atoms in total. The number of carbonyl (C=O) groups is 1. The van der Waals surface area contributed by atoms with Crippen molar-refractivity contribution in [2.24, 2.45) is 0 Å². The Kier molecular flexibility index (Phi) is 4.23. The first-order valence-electron chi connectivity index (χ1n) is 10.1. The molecule has 1 saturated carbocycles. The standard InChI is InChI=1S/C23H24N4O/c1-26-22-10-8-16(12-20(22)9-11-23(26)28)14-27-15-21(24-25-27)19-7-3-6-18(13-19)17-4-2-5-17/h3,6-8,10,12-13,15,17H,2,4-5,9,11,14H2,1H3. The summed E-state index contributed by atoms with van der Waals surface area (Å²) in [7, 11) is 1.85. The van der Waals surface area contributed by atoms with Crippen molar-refractivity contribution >= 4 is 11.6 Å². The Morgan fingerprint density at radius 3 is 2.82 bits per heavy atom. The zero-order valence-corrected chi connectivity index (χ0v) is 16.1. The van der Waals surface area contributed by atoms with Gasteiger partial charge in [0.25, 0.3) is 0 Å². The molecule has 0 saturated heterocycles. The number of hydrogen-bond acceptors (Lipinski definition) is 3. The fraction of sp³-hybridized carbons (Fsp3) is 0.348.